The maximum Gasteiger partial charge on any atom is 0.273 e. The van der Waals surface area contributed by atoms with Crippen LogP contribution in [0.5, 0.6) is 0 Å². The van der Waals surface area contributed by atoms with Crippen LogP contribution in [0.25, 0.3) is 0 Å². The third-order valence-electron chi connectivity index (χ3n) is 4.60. The van der Waals surface area contributed by atoms with Crippen LogP contribution in [0.1, 0.15) is 35.5 Å². The molecule has 0 radical (unpaired) electrons. The molecular weight excluding hydrogens is 338 g/mol. The summed E-state index contributed by atoms with van der Waals surface area (Å²) in [7, 11) is 0. The molecule has 3 rings (SSSR count). The van der Waals surface area contributed by atoms with Crippen LogP contribution in [-0.4, -0.2) is 50.4 Å². The first kappa shape index (κ1) is 18.1. The number of oxazole rings is 1. The summed E-state index contributed by atoms with van der Waals surface area (Å²) in [5, 5.41) is 19.9. The minimum atomic E-state index is -0.758. The van der Waals surface area contributed by atoms with Gasteiger partial charge in [0.05, 0.1) is 12.1 Å². The molecule has 9 nitrogen and oxygen atoms in total. The molecule has 2 heterocycles. The highest BCUT2D eigenvalue weighted by Crippen LogP contribution is 2.26. The highest BCUT2D eigenvalue weighted by molar-refractivity contribution is 5.93. The maximum absolute atomic E-state index is 12.3. The number of aliphatic hydroxyl groups is 1. The summed E-state index contributed by atoms with van der Waals surface area (Å²) in [6, 6.07) is 1.38. The Hall–Kier alpha value is -2.68. The molecule has 2 aromatic rings. The van der Waals surface area contributed by atoms with E-state index in [-0.39, 0.29) is 17.5 Å². The third-order valence-corrected chi connectivity index (χ3v) is 4.60. The number of aryl methyl sites for hydroxylation is 2. The van der Waals surface area contributed by atoms with Crippen molar-refractivity contribution < 1.29 is 19.1 Å². The van der Waals surface area contributed by atoms with Gasteiger partial charge in [-0.1, -0.05) is 0 Å². The summed E-state index contributed by atoms with van der Waals surface area (Å²) in [6.07, 6.45) is 5.53. The van der Waals surface area contributed by atoms with Gasteiger partial charge in [0.15, 0.2) is 12.1 Å². The molecule has 3 N–H and O–H groups in total. The summed E-state index contributed by atoms with van der Waals surface area (Å²) in [6.45, 7) is 2.92. The van der Waals surface area contributed by atoms with Crippen molar-refractivity contribution in [2.24, 2.45) is 5.92 Å². The molecule has 0 unspecified atom stereocenters. The molecule has 0 saturated heterocycles. The lowest BCUT2D eigenvalue weighted by atomic mass is 10.1. The molecule has 1 saturated carbocycles. The third kappa shape index (κ3) is 4.29. The summed E-state index contributed by atoms with van der Waals surface area (Å²) < 4.78 is 6.82. The van der Waals surface area contributed by atoms with Gasteiger partial charge in [-0.05, 0) is 32.3 Å². The zero-order valence-electron chi connectivity index (χ0n) is 14.6. The zero-order chi connectivity index (χ0) is 18.5. The van der Waals surface area contributed by atoms with Crippen LogP contribution >= 0.6 is 0 Å². The number of rotatable bonds is 7. The number of nitrogens with one attached hydrogen (secondary N) is 2. The Bertz CT molecular complexity index is 742. The number of carbonyl (C=O) groups is 2. The molecule has 0 aromatic carbocycles. The van der Waals surface area contributed by atoms with E-state index in [4.69, 9.17) is 4.42 Å². The summed E-state index contributed by atoms with van der Waals surface area (Å²) >= 11 is 0. The van der Waals surface area contributed by atoms with E-state index in [1.54, 1.807) is 13.1 Å². The predicted molar refractivity (Wildman–Crippen MR) is 91.1 cm³/mol. The molecule has 0 bridgehead atoms. The topological polar surface area (TPSA) is 122 Å². The van der Waals surface area contributed by atoms with Crippen molar-refractivity contribution in [3.8, 4) is 0 Å². The minimum absolute atomic E-state index is 0.0983. The first-order valence-corrected chi connectivity index (χ1v) is 8.68. The SMILES string of the molecule is Cc1ocnc1C(=O)N[C@H]1C[C@H](C(=O)NCCCn2cccn2)C[C@@H]1O. The smallest absolute Gasteiger partial charge is 0.273 e. The quantitative estimate of drug-likeness (QED) is 0.608. The first-order chi connectivity index (χ1) is 12.5. The van der Waals surface area contributed by atoms with Crippen LogP contribution in [0.15, 0.2) is 29.3 Å². The van der Waals surface area contributed by atoms with E-state index >= 15 is 0 Å². The fourth-order valence-corrected chi connectivity index (χ4v) is 3.17. The van der Waals surface area contributed by atoms with Crippen molar-refractivity contribution >= 4 is 11.8 Å². The number of aromatic nitrogens is 3. The number of carbonyl (C=O) groups excluding carboxylic acids is 2. The molecule has 1 aliphatic carbocycles. The summed E-state index contributed by atoms with van der Waals surface area (Å²) in [5.74, 6) is -0.403. The second kappa shape index (κ2) is 8.13. The lowest BCUT2D eigenvalue weighted by Gasteiger charge is -2.15. The monoisotopic (exact) mass is 361 g/mol. The van der Waals surface area contributed by atoms with Crippen molar-refractivity contribution in [2.75, 3.05) is 6.54 Å². The molecule has 2 amide bonds. The van der Waals surface area contributed by atoms with Crippen molar-refractivity contribution in [3.63, 3.8) is 0 Å². The molecule has 1 fully saturated rings. The number of amides is 2. The molecule has 140 valence electrons. The largest absolute Gasteiger partial charge is 0.448 e. The van der Waals surface area contributed by atoms with Crippen molar-refractivity contribution in [1.29, 1.82) is 0 Å². The van der Waals surface area contributed by atoms with E-state index < -0.39 is 18.1 Å². The van der Waals surface area contributed by atoms with Gasteiger partial charge >= 0.3 is 0 Å². The Labute approximate surface area is 150 Å². The van der Waals surface area contributed by atoms with Crippen LogP contribution in [-0.2, 0) is 11.3 Å². The van der Waals surface area contributed by atoms with Gasteiger partial charge in [-0.3, -0.25) is 14.3 Å². The standard InChI is InChI=1S/C17H23N5O4/c1-11-15(19-10-26-11)17(25)21-13-8-12(9-14(13)23)16(24)18-4-2-6-22-7-3-5-20-22/h3,5,7,10,12-14,23H,2,4,6,8-9H2,1H3,(H,18,24)(H,21,25)/t12-,13-,14-/m0/s1. The second-order valence-electron chi connectivity index (χ2n) is 6.49. The fraction of sp³-hybridized carbons (Fsp3) is 0.529. The van der Waals surface area contributed by atoms with Gasteiger partial charge in [0, 0.05) is 31.4 Å². The molecule has 26 heavy (non-hydrogen) atoms. The zero-order valence-corrected chi connectivity index (χ0v) is 14.6. The molecule has 0 spiro atoms. The Kier molecular flexibility index (Phi) is 5.67. The predicted octanol–water partition coefficient (Wildman–Crippen LogP) is 0.255. The molecule has 0 aliphatic heterocycles. The van der Waals surface area contributed by atoms with E-state index in [0.717, 1.165) is 13.0 Å². The lowest BCUT2D eigenvalue weighted by molar-refractivity contribution is -0.125. The number of hydrogen-bond donors (Lipinski definition) is 3. The summed E-state index contributed by atoms with van der Waals surface area (Å²) in [5.41, 5.74) is 0.198. The number of hydrogen-bond acceptors (Lipinski definition) is 6. The van der Waals surface area contributed by atoms with Gasteiger partial charge in [-0.25, -0.2) is 4.98 Å². The number of nitrogens with zero attached hydrogens (tertiary/aromatic N) is 3. The second-order valence-corrected chi connectivity index (χ2v) is 6.49. The summed E-state index contributed by atoms with van der Waals surface area (Å²) in [4.78, 5) is 28.3. The van der Waals surface area contributed by atoms with Crippen LogP contribution in [0.3, 0.4) is 0 Å². The molecule has 2 aromatic heterocycles. The van der Waals surface area contributed by atoms with E-state index in [9.17, 15) is 14.7 Å². The first-order valence-electron chi connectivity index (χ1n) is 8.68. The maximum atomic E-state index is 12.3. The Morgan fingerprint density at radius 1 is 1.42 bits per heavy atom. The number of aliphatic hydroxyl groups excluding tert-OH is 1. The highest BCUT2D eigenvalue weighted by atomic mass is 16.3. The van der Waals surface area contributed by atoms with Crippen molar-refractivity contribution in [3.05, 3.63) is 36.3 Å². The van der Waals surface area contributed by atoms with Crippen LogP contribution in [0, 0.1) is 12.8 Å². The van der Waals surface area contributed by atoms with Crippen LogP contribution in [0.2, 0.25) is 0 Å². The normalized spacial score (nSPS) is 22.3. The van der Waals surface area contributed by atoms with Crippen molar-refractivity contribution in [2.45, 2.75) is 44.9 Å². The van der Waals surface area contributed by atoms with Gasteiger partial charge in [0.25, 0.3) is 5.91 Å². The van der Waals surface area contributed by atoms with Gasteiger partial charge in [0.1, 0.15) is 5.76 Å². The average molecular weight is 361 g/mol. The lowest BCUT2D eigenvalue weighted by Crippen LogP contribution is -2.40. The van der Waals surface area contributed by atoms with Crippen LogP contribution in [0.4, 0.5) is 0 Å². The van der Waals surface area contributed by atoms with Crippen LogP contribution < -0.4 is 10.6 Å². The Morgan fingerprint density at radius 3 is 2.96 bits per heavy atom. The fourth-order valence-electron chi connectivity index (χ4n) is 3.17. The van der Waals surface area contributed by atoms with Gasteiger partial charge in [0.2, 0.25) is 5.91 Å². The van der Waals surface area contributed by atoms with E-state index in [2.05, 4.69) is 20.7 Å². The van der Waals surface area contributed by atoms with Gasteiger partial charge in [-0.15, -0.1) is 0 Å². The molecule has 3 atom stereocenters. The average Bonchev–Trinajstić information content (AvgIpc) is 3.34. The molecule has 1 aliphatic rings. The molecule has 9 heteroatoms. The van der Waals surface area contributed by atoms with Gasteiger partial charge in [-0.2, -0.15) is 5.10 Å². The molecular formula is C17H23N5O4. The van der Waals surface area contributed by atoms with E-state index in [1.165, 1.54) is 6.39 Å². The Balaban J connectivity index is 1.43. The van der Waals surface area contributed by atoms with Crippen molar-refractivity contribution in [1.82, 2.24) is 25.4 Å². The minimum Gasteiger partial charge on any atom is -0.448 e. The van der Waals surface area contributed by atoms with E-state index in [0.29, 0.717) is 25.1 Å². The Morgan fingerprint density at radius 2 is 2.27 bits per heavy atom. The highest BCUT2D eigenvalue weighted by Gasteiger charge is 2.38. The van der Waals surface area contributed by atoms with Gasteiger partial charge < -0.3 is 20.2 Å². The van der Waals surface area contributed by atoms with E-state index in [1.807, 2.05) is 16.9 Å².